The quantitative estimate of drug-likeness (QED) is 0.822. The van der Waals surface area contributed by atoms with Crippen molar-refractivity contribution in [3.05, 3.63) is 18.3 Å². The van der Waals surface area contributed by atoms with Crippen molar-refractivity contribution < 1.29 is 4.74 Å². The third kappa shape index (κ3) is 3.89. The number of hydrogen-bond acceptors (Lipinski definition) is 4. The van der Waals surface area contributed by atoms with Gasteiger partial charge in [0.2, 0.25) is 0 Å². The van der Waals surface area contributed by atoms with Gasteiger partial charge in [-0.25, -0.2) is 4.98 Å². The van der Waals surface area contributed by atoms with Gasteiger partial charge in [-0.05, 0) is 45.9 Å². The molecule has 0 spiro atoms. The molecule has 2 N–H and O–H groups in total. The van der Waals surface area contributed by atoms with E-state index in [0.29, 0.717) is 12.6 Å². The highest BCUT2D eigenvalue weighted by atomic mass is 16.5. The van der Waals surface area contributed by atoms with Gasteiger partial charge in [-0.15, -0.1) is 0 Å². The van der Waals surface area contributed by atoms with Gasteiger partial charge in [0.25, 0.3) is 0 Å². The van der Waals surface area contributed by atoms with Crippen molar-refractivity contribution in [1.82, 2.24) is 4.98 Å². The second-order valence-electron chi connectivity index (χ2n) is 4.53. The fourth-order valence-corrected chi connectivity index (χ4v) is 1.64. The summed E-state index contributed by atoms with van der Waals surface area (Å²) in [5, 5.41) is 0. The van der Waals surface area contributed by atoms with Gasteiger partial charge in [0, 0.05) is 19.3 Å². The van der Waals surface area contributed by atoms with Crippen molar-refractivity contribution in [2.24, 2.45) is 5.73 Å². The van der Waals surface area contributed by atoms with E-state index in [1.807, 2.05) is 33.0 Å². The summed E-state index contributed by atoms with van der Waals surface area (Å²) in [6.07, 6.45) is 2.87. The number of anilines is 1. The Labute approximate surface area is 104 Å². The van der Waals surface area contributed by atoms with Crippen LogP contribution in [-0.2, 0) is 0 Å². The molecule has 4 nitrogen and oxygen atoms in total. The summed E-state index contributed by atoms with van der Waals surface area (Å²) >= 11 is 0. The van der Waals surface area contributed by atoms with E-state index >= 15 is 0 Å². The maximum absolute atomic E-state index is 5.76. The Morgan fingerprint density at radius 3 is 2.71 bits per heavy atom. The molecular weight excluding hydrogens is 214 g/mol. The fraction of sp³-hybridized carbons (Fsp3) is 0.615. The molecule has 0 saturated carbocycles. The highest BCUT2D eigenvalue weighted by molar-refractivity contribution is 5.52. The first kappa shape index (κ1) is 13.8. The van der Waals surface area contributed by atoms with Crippen molar-refractivity contribution in [1.29, 1.82) is 0 Å². The molecule has 0 amide bonds. The molecule has 4 heteroatoms. The van der Waals surface area contributed by atoms with Crippen LogP contribution in [0.1, 0.15) is 27.2 Å². The van der Waals surface area contributed by atoms with Crippen LogP contribution in [0.3, 0.4) is 0 Å². The maximum Gasteiger partial charge on any atom is 0.171 e. The zero-order chi connectivity index (χ0) is 12.8. The van der Waals surface area contributed by atoms with Crippen LogP contribution in [0.4, 0.5) is 5.82 Å². The average molecular weight is 237 g/mol. The molecule has 0 aliphatic carbocycles. The number of nitrogens with zero attached hydrogens (tertiary/aromatic N) is 2. The summed E-state index contributed by atoms with van der Waals surface area (Å²) < 4.78 is 5.76. The molecule has 1 aromatic rings. The van der Waals surface area contributed by atoms with Crippen LogP contribution in [0, 0.1) is 0 Å². The topological polar surface area (TPSA) is 51.4 Å². The molecule has 0 bridgehead atoms. The van der Waals surface area contributed by atoms with Gasteiger partial charge >= 0.3 is 0 Å². The Morgan fingerprint density at radius 1 is 1.41 bits per heavy atom. The molecule has 0 radical (unpaired) electrons. The Hall–Kier alpha value is -1.29. The third-order valence-electron chi connectivity index (χ3n) is 2.69. The molecule has 0 aliphatic heterocycles. The highest BCUT2D eigenvalue weighted by Gasteiger charge is 2.15. The van der Waals surface area contributed by atoms with Gasteiger partial charge in [0.05, 0.1) is 6.10 Å². The number of aromatic nitrogens is 1. The molecule has 1 rings (SSSR count). The molecule has 0 saturated heterocycles. The molecule has 1 atom stereocenters. The third-order valence-corrected chi connectivity index (χ3v) is 2.69. The summed E-state index contributed by atoms with van der Waals surface area (Å²) in [4.78, 5) is 6.51. The van der Waals surface area contributed by atoms with E-state index in [0.717, 1.165) is 18.0 Å². The van der Waals surface area contributed by atoms with Crippen LogP contribution in [0.5, 0.6) is 5.75 Å². The lowest BCUT2D eigenvalue weighted by molar-refractivity contribution is 0.242. The second kappa shape index (κ2) is 6.45. The predicted molar refractivity (Wildman–Crippen MR) is 71.5 cm³/mol. The largest absolute Gasteiger partial charge is 0.487 e. The zero-order valence-electron chi connectivity index (χ0n) is 11.2. The normalized spacial score (nSPS) is 12.6. The number of rotatable bonds is 6. The fourth-order valence-electron chi connectivity index (χ4n) is 1.64. The summed E-state index contributed by atoms with van der Waals surface area (Å²) in [6.45, 7) is 6.85. The van der Waals surface area contributed by atoms with Crippen LogP contribution in [0.15, 0.2) is 18.3 Å². The summed E-state index contributed by atoms with van der Waals surface area (Å²) in [6, 6.07) is 4.20. The van der Waals surface area contributed by atoms with Crippen molar-refractivity contribution in [3.63, 3.8) is 0 Å². The van der Waals surface area contributed by atoms with Gasteiger partial charge in [0.1, 0.15) is 0 Å². The standard InChI is InChI=1S/C13H23N3O/c1-10(2)17-12-6-5-9-15-13(12)16(4)11(3)7-8-14/h5-6,9-11H,7-8,14H2,1-4H3. The Morgan fingerprint density at radius 2 is 2.12 bits per heavy atom. The van der Waals surface area contributed by atoms with E-state index in [-0.39, 0.29) is 6.10 Å². The van der Waals surface area contributed by atoms with Gasteiger partial charge in [-0.2, -0.15) is 0 Å². The smallest absolute Gasteiger partial charge is 0.171 e. The van der Waals surface area contributed by atoms with Crippen molar-refractivity contribution in [2.75, 3.05) is 18.5 Å². The number of nitrogens with two attached hydrogens (primary N) is 1. The number of pyridine rings is 1. The molecule has 0 aromatic carbocycles. The molecule has 96 valence electrons. The molecule has 1 unspecified atom stereocenters. The van der Waals surface area contributed by atoms with Gasteiger partial charge in [-0.3, -0.25) is 0 Å². The SMILES string of the molecule is CC(C)Oc1cccnc1N(C)C(C)CCN. The minimum atomic E-state index is 0.149. The first-order chi connectivity index (χ1) is 8.06. The first-order valence-electron chi connectivity index (χ1n) is 6.10. The number of ether oxygens (including phenoxy) is 1. The van der Waals surface area contributed by atoms with Crippen LogP contribution in [-0.4, -0.2) is 30.7 Å². The van der Waals surface area contributed by atoms with Crippen LogP contribution in [0.25, 0.3) is 0 Å². The lowest BCUT2D eigenvalue weighted by Crippen LogP contribution is -2.32. The summed E-state index contributed by atoms with van der Waals surface area (Å²) in [5.74, 6) is 1.70. The van der Waals surface area contributed by atoms with Gasteiger partial charge in [-0.1, -0.05) is 0 Å². The van der Waals surface area contributed by atoms with Crippen LogP contribution >= 0.6 is 0 Å². The van der Waals surface area contributed by atoms with E-state index in [1.54, 1.807) is 6.20 Å². The summed E-state index contributed by atoms with van der Waals surface area (Å²) in [7, 11) is 2.02. The Bertz CT molecular complexity index is 341. The highest BCUT2D eigenvalue weighted by Crippen LogP contribution is 2.27. The maximum atomic E-state index is 5.76. The van der Waals surface area contributed by atoms with Crippen molar-refractivity contribution >= 4 is 5.82 Å². The zero-order valence-corrected chi connectivity index (χ0v) is 11.2. The molecule has 1 aromatic heterocycles. The van der Waals surface area contributed by atoms with Crippen LogP contribution < -0.4 is 15.4 Å². The number of hydrogen-bond donors (Lipinski definition) is 1. The monoisotopic (exact) mass is 237 g/mol. The lowest BCUT2D eigenvalue weighted by atomic mass is 10.2. The minimum absolute atomic E-state index is 0.149. The van der Waals surface area contributed by atoms with Crippen molar-refractivity contribution in [2.45, 2.75) is 39.3 Å². The van der Waals surface area contributed by atoms with E-state index < -0.39 is 0 Å². The lowest BCUT2D eigenvalue weighted by Gasteiger charge is -2.27. The van der Waals surface area contributed by atoms with E-state index in [1.165, 1.54) is 0 Å². The minimum Gasteiger partial charge on any atom is -0.487 e. The van der Waals surface area contributed by atoms with E-state index in [4.69, 9.17) is 10.5 Å². The van der Waals surface area contributed by atoms with E-state index in [2.05, 4.69) is 16.8 Å². The Balaban J connectivity index is 2.88. The molecule has 17 heavy (non-hydrogen) atoms. The van der Waals surface area contributed by atoms with Gasteiger partial charge < -0.3 is 15.4 Å². The molecule has 1 heterocycles. The van der Waals surface area contributed by atoms with Gasteiger partial charge in [0.15, 0.2) is 11.6 Å². The molecular formula is C13H23N3O. The first-order valence-corrected chi connectivity index (χ1v) is 6.10. The summed E-state index contributed by atoms with van der Waals surface area (Å²) in [5.41, 5.74) is 5.59. The Kier molecular flexibility index (Phi) is 5.22. The molecule has 0 aliphatic rings. The average Bonchev–Trinajstić information content (AvgIpc) is 2.28. The predicted octanol–water partition coefficient (Wildman–Crippen LogP) is 2.04. The van der Waals surface area contributed by atoms with Crippen molar-refractivity contribution in [3.8, 4) is 5.75 Å². The van der Waals surface area contributed by atoms with E-state index in [9.17, 15) is 0 Å². The van der Waals surface area contributed by atoms with Crippen LogP contribution in [0.2, 0.25) is 0 Å². The second-order valence-corrected chi connectivity index (χ2v) is 4.53. The molecule has 0 fully saturated rings.